The summed E-state index contributed by atoms with van der Waals surface area (Å²) in [5, 5.41) is 0. The predicted molar refractivity (Wildman–Crippen MR) is 75.3 cm³/mol. The minimum absolute atomic E-state index is 0.654. The first-order valence-electron chi connectivity index (χ1n) is 6.34. The zero-order valence-corrected chi connectivity index (χ0v) is 12.4. The van der Waals surface area contributed by atoms with Crippen LogP contribution in [0, 0.1) is 5.92 Å². The summed E-state index contributed by atoms with van der Waals surface area (Å²) in [5.41, 5.74) is 2.86. The second-order valence-corrected chi connectivity index (χ2v) is 3.58. The van der Waals surface area contributed by atoms with E-state index in [0.29, 0.717) is 5.92 Å². The fourth-order valence-electron chi connectivity index (χ4n) is 1.18. The molecule has 0 aliphatic rings. The Kier molecular flexibility index (Phi) is 21.2. The number of hydrogen-bond donors (Lipinski definition) is 0. The molecule has 0 saturated carbocycles. The molecule has 0 aromatic rings. The summed E-state index contributed by atoms with van der Waals surface area (Å²) in [4.78, 5) is 0. The lowest BCUT2D eigenvalue weighted by Gasteiger charge is -2.10. The largest absolute Gasteiger partial charge is 0.0844 e. The van der Waals surface area contributed by atoms with Crippen LogP contribution in [-0.2, 0) is 0 Å². The highest BCUT2D eigenvalue weighted by Gasteiger charge is 2.01. The van der Waals surface area contributed by atoms with E-state index in [9.17, 15) is 0 Å². The van der Waals surface area contributed by atoms with Crippen LogP contribution in [0.2, 0.25) is 0 Å². The van der Waals surface area contributed by atoms with E-state index in [1.54, 1.807) is 0 Å². The van der Waals surface area contributed by atoms with E-state index in [2.05, 4.69) is 60.6 Å². The van der Waals surface area contributed by atoms with Crippen LogP contribution in [0.5, 0.6) is 0 Å². The van der Waals surface area contributed by atoms with Gasteiger partial charge in [-0.1, -0.05) is 65.7 Å². The van der Waals surface area contributed by atoms with Gasteiger partial charge in [-0.05, 0) is 32.3 Å². The van der Waals surface area contributed by atoms with Crippen molar-refractivity contribution in [1.29, 1.82) is 0 Å². The first kappa shape index (κ1) is 20.0. The van der Waals surface area contributed by atoms with E-state index in [1.165, 1.54) is 17.6 Å². The standard InChI is InChI=1S/C10H18.C3H8.C2H6/c1-6-9(5)10(7-2)8(3)4;1-3-2;1-2/h6-8H,1-5H3;3H2,1-2H3;1-2H3/b9-6-,10-7-;;. The average molecular weight is 212 g/mol. The number of hydrogen-bond acceptors (Lipinski definition) is 0. The Morgan fingerprint density at radius 3 is 1.40 bits per heavy atom. The summed E-state index contributed by atoms with van der Waals surface area (Å²) >= 11 is 0. The van der Waals surface area contributed by atoms with Crippen LogP contribution in [0.4, 0.5) is 0 Å². The molecule has 0 heteroatoms. The van der Waals surface area contributed by atoms with Gasteiger partial charge in [0.1, 0.15) is 0 Å². The van der Waals surface area contributed by atoms with Gasteiger partial charge in [-0.15, -0.1) is 0 Å². The monoisotopic (exact) mass is 212 g/mol. The fourth-order valence-corrected chi connectivity index (χ4v) is 1.18. The molecule has 0 atom stereocenters. The highest BCUT2D eigenvalue weighted by atomic mass is 14.1. The molecule has 0 aromatic heterocycles. The normalized spacial score (nSPS) is 11.3. The zero-order chi connectivity index (χ0) is 12.9. The van der Waals surface area contributed by atoms with E-state index in [-0.39, 0.29) is 0 Å². The maximum Gasteiger partial charge on any atom is -0.0220 e. The van der Waals surface area contributed by atoms with Crippen LogP contribution < -0.4 is 0 Å². The van der Waals surface area contributed by atoms with E-state index in [1.807, 2.05) is 13.8 Å². The molecule has 0 N–H and O–H groups in total. The van der Waals surface area contributed by atoms with Crippen LogP contribution in [0.1, 0.15) is 68.7 Å². The van der Waals surface area contributed by atoms with Gasteiger partial charge < -0.3 is 0 Å². The molecule has 0 aromatic carbocycles. The third-order valence-electron chi connectivity index (χ3n) is 1.82. The molecule has 0 aliphatic carbocycles. The van der Waals surface area contributed by atoms with Crippen molar-refractivity contribution in [2.45, 2.75) is 68.7 Å². The Bertz CT molecular complexity index is 159. The SMILES string of the molecule is C/C=C(C)\C(=C/C)C(C)C.CC.CCC. The summed E-state index contributed by atoms with van der Waals surface area (Å²) < 4.78 is 0. The van der Waals surface area contributed by atoms with Gasteiger partial charge in [-0.25, -0.2) is 0 Å². The van der Waals surface area contributed by atoms with Crippen molar-refractivity contribution in [1.82, 2.24) is 0 Å². The second-order valence-electron chi connectivity index (χ2n) is 3.58. The molecule has 0 fully saturated rings. The Morgan fingerprint density at radius 1 is 1.00 bits per heavy atom. The van der Waals surface area contributed by atoms with Crippen molar-refractivity contribution in [3.05, 3.63) is 23.3 Å². The summed E-state index contributed by atoms with van der Waals surface area (Å²) in [5.74, 6) is 0.654. The topological polar surface area (TPSA) is 0 Å². The van der Waals surface area contributed by atoms with Crippen LogP contribution in [0.15, 0.2) is 23.3 Å². The summed E-state index contributed by atoms with van der Waals surface area (Å²) in [6.45, 7) is 19.0. The molecular weight excluding hydrogens is 180 g/mol. The van der Waals surface area contributed by atoms with Crippen molar-refractivity contribution in [2.24, 2.45) is 5.92 Å². The zero-order valence-electron chi connectivity index (χ0n) is 12.4. The summed E-state index contributed by atoms with van der Waals surface area (Å²) in [7, 11) is 0. The molecule has 0 radical (unpaired) electrons. The molecule has 0 rings (SSSR count). The lowest BCUT2D eigenvalue weighted by atomic mass is 9.96. The molecule has 0 amide bonds. The average Bonchev–Trinajstić information content (AvgIpc) is 2.22. The molecule has 0 bridgehead atoms. The molecule has 0 unspecified atom stereocenters. The molecule has 0 spiro atoms. The first-order valence-corrected chi connectivity index (χ1v) is 6.34. The highest BCUT2D eigenvalue weighted by Crippen LogP contribution is 2.17. The lowest BCUT2D eigenvalue weighted by Crippen LogP contribution is -1.94. The highest BCUT2D eigenvalue weighted by molar-refractivity contribution is 5.29. The van der Waals surface area contributed by atoms with E-state index in [0.717, 1.165) is 0 Å². The smallest absolute Gasteiger partial charge is 0.0220 e. The van der Waals surface area contributed by atoms with Crippen molar-refractivity contribution < 1.29 is 0 Å². The van der Waals surface area contributed by atoms with Gasteiger partial charge in [0.15, 0.2) is 0 Å². The minimum Gasteiger partial charge on any atom is -0.0844 e. The van der Waals surface area contributed by atoms with Gasteiger partial charge in [0, 0.05) is 0 Å². The van der Waals surface area contributed by atoms with Crippen molar-refractivity contribution >= 4 is 0 Å². The maximum absolute atomic E-state index is 2.22. The van der Waals surface area contributed by atoms with Gasteiger partial charge in [0.2, 0.25) is 0 Å². The molecular formula is C15H32. The van der Waals surface area contributed by atoms with E-state index < -0.39 is 0 Å². The fraction of sp³-hybridized carbons (Fsp3) is 0.733. The Balaban J connectivity index is -0.000000245. The third kappa shape index (κ3) is 13.5. The summed E-state index contributed by atoms with van der Waals surface area (Å²) in [6.07, 6.45) is 5.61. The van der Waals surface area contributed by atoms with Crippen LogP contribution in [0.25, 0.3) is 0 Å². The van der Waals surface area contributed by atoms with Gasteiger partial charge in [0.05, 0.1) is 0 Å². The van der Waals surface area contributed by atoms with Crippen LogP contribution in [0.3, 0.4) is 0 Å². The van der Waals surface area contributed by atoms with Crippen LogP contribution >= 0.6 is 0 Å². The number of rotatable bonds is 2. The molecule has 92 valence electrons. The second kappa shape index (κ2) is 15.9. The van der Waals surface area contributed by atoms with Crippen molar-refractivity contribution in [3.63, 3.8) is 0 Å². The van der Waals surface area contributed by atoms with Gasteiger partial charge in [-0.3, -0.25) is 0 Å². The predicted octanol–water partition coefficient (Wildman–Crippen LogP) is 6.00. The molecule has 0 nitrogen and oxygen atoms in total. The molecule has 0 heterocycles. The van der Waals surface area contributed by atoms with Crippen molar-refractivity contribution in [2.75, 3.05) is 0 Å². The Labute approximate surface area is 98.5 Å². The summed E-state index contributed by atoms with van der Waals surface area (Å²) in [6, 6.07) is 0. The van der Waals surface area contributed by atoms with Crippen molar-refractivity contribution in [3.8, 4) is 0 Å². The van der Waals surface area contributed by atoms with Crippen LogP contribution in [-0.4, -0.2) is 0 Å². The minimum atomic E-state index is 0.654. The first-order chi connectivity index (χ1) is 7.04. The maximum atomic E-state index is 2.22. The van der Waals surface area contributed by atoms with Gasteiger partial charge in [0.25, 0.3) is 0 Å². The number of allylic oxidation sites excluding steroid dienone is 4. The molecule has 0 saturated heterocycles. The van der Waals surface area contributed by atoms with Gasteiger partial charge in [-0.2, -0.15) is 0 Å². The Morgan fingerprint density at radius 2 is 1.33 bits per heavy atom. The molecule has 15 heavy (non-hydrogen) atoms. The van der Waals surface area contributed by atoms with E-state index >= 15 is 0 Å². The third-order valence-corrected chi connectivity index (χ3v) is 1.82. The van der Waals surface area contributed by atoms with E-state index in [4.69, 9.17) is 0 Å². The van der Waals surface area contributed by atoms with Gasteiger partial charge >= 0.3 is 0 Å². The lowest BCUT2D eigenvalue weighted by molar-refractivity contribution is 0.775. The quantitative estimate of drug-likeness (QED) is 0.493. The molecule has 0 aliphatic heterocycles. The Hall–Kier alpha value is -0.520.